The molecule has 0 bridgehead atoms. The van der Waals surface area contributed by atoms with Crippen LogP contribution in [0, 0.1) is 0 Å². The number of nitrogens with zero attached hydrogens (tertiary/aromatic N) is 2. The van der Waals surface area contributed by atoms with Crippen molar-refractivity contribution in [1.82, 2.24) is 10.1 Å². The molecule has 6 nitrogen and oxygen atoms in total. The highest BCUT2D eigenvalue weighted by Crippen LogP contribution is 2.47. The van der Waals surface area contributed by atoms with Gasteiger partial charge in [-0.3, -0.25) is 9.68 Å². The second-order valence-corrected chi connectivity index (χ2v) is 12.6. The Balaban J connectivity index is 1.91. The molecule has 0 unspecified atom stereocenters. The molecular weight excluding hydrogens is 380 g/mol. The van der Waals surface area contributed by atoms with E-state index in [9.17, 15) is 10.2 Å². The van der Waals surface area contributed by atoms with Crippen LogP contribution in [0.1, 0.15) is 113 Å². The minimum atomic E-state index is -0.716. The quantitative estimate of drug-likeness (QED) is 0.644. The fourth-order valence-corrected chi connectivity index (χ4v) is 6.54. The van der Waals surface area contributed by atoms with E-state index in [-0.39, 0.29) is 34.4 Å². The predicted octanol–water partition coefficient (Wildman–Crippen LogP) is 4.54. The zero-order chi connectivity index (χ0) is 22.6. The monoisotopic (exact) mass is 426 g/mol. The van der Waals surface area contributed by atoms with Gasteiger partial charge in [0, 0.05) is 35.0 Å². The first-order chi connectivity index (χ1) is 13.6. The van der Waals surface area contributed by atoms with Crippen LogP contribution >= 0.6 is 0 Å². The maximum atomic E-state index is 10.4. The van der Waals surface area contributed by atoms with Crippen LogP contribution in [0.4, 0.5) is 0 Å². The first-order valence-electron chi connectivity index (χ1n) is 11.9. The standard InChI is InChI=1S/C24H46N2O4/c1-20(2)14-18(27)15-21(3,4)25(20)29-24(12-10-9-11-13-24)30-26-22(5,6)16-19(28)17-23(26,7)8/h18-19,27-28H,9-17H2,1-8H3. The van der Waals surface area contributed by atoms with Crippen molar-refractivity contribution in [1.29, 1.82) is 0 Å². The number of hydroxylamine groups is 4. The van der Waals surface area contributed by atoms with Crippen LogP contribution < -0.4 is 0 Å². The molecule has 2 saturated heterocycles. The van der Waals surface area contributed by atoms with Crippen LogP contribution in [0.25, 0.3) is 0 Å². The van der Waals surface area contributed by atoms with Gasteiger partial charge < -0.3 is 10.2 Å². The maximum absolute atomic E-state index is 10.4. The lowest BCUT2D eigenvalue weighted by Crippen LogP contribution is -2.68. The molecule has 1 aliphatic carbocycles. The van der Waals surface area contributed by atoms with Crippen molar-refractivity contribution in [3.8, 4) is 0 Å². The Hall–Kier alpha value is -0.240. The maximum Gasteiger partial charge on any atom is 0.207 e. The highest BCUT2D eigenvalue weighted by atomic mass is 16.9. The molecule has 2 heterocycles. The predicted molar refractivity (Wildman–Crippen MR) is 118 cm³/mol. The Labute approximate surface area is 183 Å². The summed E-state index contributed by atoms with van der Waals surface area (Å²) in [6, 6.07) is 0. The van der Waals surface area contributed by atoms with Crippen LogP contribution in [-0.4, -0.2) is 60.5 Å². The van der Waals surface area contributed by atoms with Crippen LogP contribution in [0.3, 0.4) is 0 Å². The lowest BCUT2D eigenvalue weighted by molar-refractivity contribution is -0.477. The first-order valence-corrected chi connectivity index (χ1v) is 11.9. The van der Waals surface area contributed by atoms with E-state index in [1.165, 1.54) is 6.42 Å². The van der Waals surface area contributed by atoms with Crippen LogP contribution in [-0.2, 0) is 9.68 Å². The highest BCUT2D eigenvalue weighted by molar-refractivity contribution is 4.99. The van der Waals surface area contributed by atoms with Crippen molar-refractivity contribution in [2.24, 2.45) is 0 Å². The van der Waals surface area contributed by atoms with Gasteiger partial charge in [-0.05, 0) is 93.9 Å². The Bertz CT molecular complexity index is 528. The number of hydrogen-bond donors (Lipinski definition) is 2. The lowest BCUT2D eigenvalue weighted by atomic mass is 9.80. The molecule has 176 valence electrons. The van der Waals surface area contributed by atoms with Crippen molar-refractivity contribution in [2.75, 3.05) is 0 Å². The van der Waals surface area contributed by atoms with E-state index in [4.69, 9.17) is 9.68 Å². The second kappa shape index (κ2) is 7.96. The Kier molecular flexibility index (Phi) is 6.48. The van der Waals surface area contributed by atoms with Crippen molar-refractivity contribution in [2.45, 2.75) is 153 Å². The molecule has 2 N–H and O–H groups in total. The summed E-state index contributed by atoms with van der Waals surface area (Å²) in [5.74, 6) is -0.716. The van der Waals surface area contributed by atoms with E-state index < -0.39 is 5.79 Å². The summed E-state index contributed by atoms with van der Waals surface area (Å²) in [6.07, 6.45) is 7.14. The van der Waals surface area contributed by atoms with E-state index >= 15 is 0 Å². The normalized spacial score (nSPS) is 32.2. The minimum Gasteiger partial charge on any atom is -0.393 e. The molecular formula is C24H46N2O4. The summed E-state index contributed by atoms with van der Waals surface area (Å²) in [7, 11) is 0. The van der Waals surface area contributed by atoms with E-state index in [0.717, 1.165) is 25.7 Å². The van der Waals surface area contributed by atoms with Gasteiger partial charge in [0.15, 0.2) is 0 Å². The largest absolute Gasteiger partial charge is 0.393 e. The Morgan fingerprint density at radius 2 is 0.867 bits per heavy atom. The minimum absolute atomic E-state index is 0.294. The van der Waals surface area contributed by atoms with E-state index in [0.29, 0.717) is 25.7 Å². The second-order valence-electron chi connectivity index (χ2n) is 12.6. The molecule has 30 heavy (non-hydrogen) atoms. The van der Waals surface area contributed by atoms with Crippen molar-refractivity contribution < 1.29 is 19.9 Å². The molecule has 3 fully saturated rings. The third-order valence-corrected chi connectivity index (χ3v) is 7.27. The summed E-state index contributed by atoms with van der Waals surface area (Å²) in [5.41, 5.74) is -1.17. The number of aliphatic hydroxyl groups excluding tert-OH is 2. The van der Waals surface area contributed by atoms with Crippen LogP contribution in [0.5, 0.6) is 0 Å². The average Bonchev–Trinajstić information content (AvgIpc) is 2.54. The van der Waals surface area contributed by atoms with E-state index in [1.54, 1.807) is 0 Å². The van der Waals surface area contributed by atoms with Gasteiger partial charge in [-0.2, -0.15) is 10.1 Å². The van der Waals surface area contributed by atoms with Crippen LogP contribution in [0.2, 0.25) is 0 Å². The molecule has 0 radical (unpaired) electrons. The summed E-state index contributed by atoms with van der Waals surface area (Å²) in [4.78, 5) is 13.8. The zero-order valence-corrected chi connectivity index (χ0v) is 20.6. The Morgan fingerprint density at radius 3 is 1.17 bits per heavy atom. The molecule has 1 saturated carbocycles. The third-order valence-electron chi connectivity index (χ3n) is 7.27. The summed E-state index contributed by atoms with van der Waals surface area (Å²) < 4.78 is 0. The van der Waals surface area contributed by atoms with Crippen molar-refractivity contribution in [3.05, 3.63) is 0 Å². The average molecular weight is 427 g/mol. The molecule has 6 heteroatoms. The number of piperidine rings is 2. The highest BCUT2D eigenvalue weighted by Gasteiger charge is 2.54. The van der Waals surface area contributed by atoms with Gasteiger partial charge in [0.25, 0.3) is 0 Å². The molecule has 0 aromatic carbocycles. The molecule has 3 rings (SSSR count). The van der Waals surface area contributed by atoms with Crippen LogP contribution in [0.15, 0.2) is 0 Å². The molecule has 0 spiro atoms. The Morgan fingerprint density at radius 1 is 0.567 bits per heavy atom. The van der Waals surface area contributed by atoms with Gasteiger partial charge in [0.1, 0.15) is 0 Å². The summed E-state index contributed by atoms with van der Waals surface area (Å²) in [6.45, 7) is 17.2. The number of aliphatic hydroxyl groups is 2. The molecule has 0 aromatic rings. The van der Waals surface area contributed by atoms with Gasteiger partial charge in [-0.25, -0.2) is 0 Å². The van der Waals surface area contributed by atoms with Crippen molar-refractivity contribution in [3.63, 3.8) is 0 Å². The van der Waals surface area contributed by atoms with Gasteiger partial charge in [0.05, 0.1) is 12.2 Å². The lowest BCUT2D eigenvalue weighted by Gasteiger charge is -2.59. The molecule has 2 aliphatic heterocycles. The third kappa shape index (κ3) is 4.89. The molecule has 0 atom stereocenters. The molecule has 0 amide bonds. The number of rotatable bonds is 4. The smallest absolute Gasteiger partial charge is 0.207 e. The fourth-order valence-electron chi connectivity index (χ4n) is 6.54. The van der Waals surface area contributed by atoms with E-state index in [2.05, 4.69) is 65.5 Å². The van der Waals surface area contributed by atoms with Gasteiger partial charge in [-0.1, -0.05) is 6.42 Å². The summed E-state index contributed by atoms with van der Waals surface area (Å²) in [5, 5.41) is 25.1. The summed E-state index contributed by atoms with van der Waals surface area (Å²) >= 11 is 0. The first kappa shape index (κ1) is 24.4. The molecule has 3 aliphatic rings. The van der Waals surface area contributed by atoms with Gasteiger partial charge in [0.2, 0.25) is 5.79 Å². The number of hydrogen-bond acceptors (Lipinski definition) is 6. The van der Waals surface area contributed by atoms with Gasteiger partial charge in [-0.15, -0.1) is 0 Å². The van der Waals surface area contributed by atoms with E-state index in [1.807, 2.05) is 0 Å². The topological polar surface area (TPSA) is 65.4 Å². The van der Waals surface area contributed by atoms with Crippen molar-refractivity contribution >= 4 is 0 Å². The zero-order valence-electron chi connectivity index (χ0n) is 20.6. The van der Waals surface area contributed by atoms with Gasteiger partial charge >= 0.3 is 0 Å². The SMILES string of the molecule is CC1(C)CC(O)CC(C)(C)N1OC1(ON2C(C)(C)CC(O)CC2(C)C)CCCCC1. The molecule has 0 aromatic heterocycles. The fraction of sp³-hybridized carbons (Fsp3) is 1.00.